The van der Waals surface area contributed by atoms with Gasteiger partial charge in [0.2, 0.25) is 17.6 Å². The van der Waals surface area contributed by atoms with Gasteiger partial charge in [0.05, 0.1) is 11.5 Å². The molecule has 1 aliphatic rings. The van der Waals surface area contributed by atoms with Gasteiger partial charge in [0.15, 0.2) is 9.84 Å². The molecule has 1 fully saturated rings. The lowest BCUT2D eigenvalue weighted by Crippen LogP contribution is -2.38. The second-order valence-corrected chi connectivity index (χ2v) is 9.96. The van der Waals surface area contributed by atoms with Crippen molar-refractivity contribution in [2.45, 2.75) is 39.0 Å². The van der Waals surface area contributed by atoms with Crippen molar-refractivity contribution in [2.24, 2.45) is 5.92 Å². The third-order valence-electron chi connectivity index (χ3n) is 4.88. The first-order chi connectivity index (χ1) is 13.3. The molecule has 1 aromatic heterocycles. The molecule has 1 amide bonds. The highest BCUT2D eigenvalue weighted by molar-refractivity contribution is 7.91. The maximum atomic E-state index is 12.4. The van der Waals surface area contributed by atoms with Crippen LogP contribution in [0.3, 0.4) is 0 Å². The first-order valence-corrected chi connectivity index (χ1v) is 11.5. The second kappa shape index (κ2) is 8.86. The van der Waals surface area contributed by atoms with Crippen molar-refractivity contribution in [1.29, 1.82) is 0 Å². The number of nitrogens with zero attached hydrogens (tertiary/aromatic N) is 3. The number of piperidine rings is 1. The molecule has 28 heavy (non-hydrogen) atoms. The molecular weight excluding hydrogens is 378 g/mol. The van der Waals surface area contributed by atoms with Crippen molar-refractivity contribution in [3.63, 3.8) is 0 Å². The molecule has 2 aromatic rings. The SMILES string of the molecule is CC(C)CS(=O)(=O)CCC(=O)N1CCC(c2nc(-c3ccccc3)no2)CC1. The van der Waals surface area contributed by atoms with Crippen molar-refractivity contribution in [3.05, 3.63) is 36.2 Å². The summed E-state index contributed by atoms with van der Waals surface area (Å²) in [5.74, 6) is 1.33. The smallest absolute Gasteiger partial charge is 0.230 e. The molecule has 0 unspecified atom stereocenters. The Hall–Kier alpha value is -2.22. The summed E-state index contributed by atoms with van der Waals surface area (Å²) in [6.07, 6.45) is 1.53. The Morgan fingerprint density at radius 1 is 1.21 bits per heavy atom. The largest absolute Gasteiger partial charge is 0.343 e. The lowest BCUT2D eigenvalue weighted by molar-refractivity contribution is -0.131. The topological polar surface area (TPSA) is 93.4 Å². The maximum Gasteiger partial charge on any atom is 0.230 e. The minimum Gasteiger partial charge on any atom is -0.343 e. The summed E-state index contributed by atoms with van der Waals surface area (Å²) in [4.78, 5) is 18.6. The van der Waals surface area contributed by atoms with E-state index in [0.29, 0.717) is 24.8 Å². The van der Waals surface area contributed by atoms with Crippen molar-refractivity contribution < 1.29 is 17.7 Å². The first-order valence-electron chi connectivity index (χ1n) is 9.71. The second-order valence-electron chi connectivity index (χ2n) is 7.74. The van der Waals surface area contributed by atoms with Gasteiger partial charge >= 0.3 is 0 Å². The van der Waals surface area contributed by atoms with Crippen LogP contribution in [-0.4, -0.2) is 54.0 Å². The Kier molecular flexibility index (Phi) is 6.49. The van der Waals surface area contributed by atoms with Crippen molar-refractivity contribution in [2.75, 3.05) is 24.6 Å². The molecule has 0 saturated carbocycles. The molecule has 0 aliphatic carbocycles. The molecule has 7 nitrogen and oxygen atoms in total. The Morgan fingerprint density at radius 3 is 2.54 bits per heavy atom. The molecule has 0 spiro atoms. The summed E-state index contributed by atoms with van der Waals surface area (Å²) in [6, 6.07) is 9.66. The van der Waals surface area contributed by atoms with Crippen molar-refractivity contribution >= 4 is 15.7 Å². The molecule has 1 aromatic carbocycles. The fourth-order valence-corrected chi connectivity index (χ4v) is 5.14. The van der Waals surface area contributed by atoms with Gasteiger partial charge in [-0.15, -0.1) is 0 Å². The number of benzene rings is 1. The molecule has 2 heterocycles. The van der Waals surface area contributed by atoms with Gasteiger partial charge in [0, 0.05) is 31.0 Å². The van der Waals surface area contributed by atoms with E-state index < -0.39 is 9.84 Å². The molecule has 0 N–H and O–H groups in total. The molecule has 1 saturated heterocycles. The van der Waals surface area contributed by atoms with Gasteiger partial charge in [-0.1, -0.05) is 49.3 Å². The van der Waals surface area contributed by atoms with Crippen LogP contribution in [0.2, 0.25) is 0 Å². The van der Waals surface area contributed by atoms with Gasteiger partial charge in [-0.3, -0.25) is 4.79 Å². The van der Waals surface area contributed by atoms with E-state index in [2.05, 4.69) is 10.1 Å². The molecule has 8 heteroatoms. The molecular formula is C20H27N3O4S. The highest BCUT2D eigenvalue weighted by atomic mass is 32.2. The van der Waals surface area contributed by atoms with E-state index in [4.69, 9.17) is 4.52 Å². The fourth-order valence-electron chi connectivity index (χ4n) is 3.47. The Balaban J connectivity index is 1.51. The number of carbonyl (C=O) groups is 1. The van der Waals surface area contributed by atoms with Crippen LogP contribution in [0.5, 0.6) is 0 Å². The standard InChI is InChI=1S/C20H27N3O4S/c1-15(2)14-28(25,26)13-10-18(24)23-11-8-17(9-12-23)20-21-19(22-27-20)16-6-4-3-5-7-16/h3-7,15,17H,8-14H2,1-2H3. The zero-order chi connectivity index (χ0) is 20.1. The molecule has 1 aliphatic heterocycles. The summed E-state index contributed by atoms with van der Waals surface area (Å²) >= 11 is 0. The number of likely N-dealkylation sites (tertiary alicyclic amines) is 1. The number of sulfone groups is 1. The number of amides is 1. The lowest BCUT2D eigenvalue weighted by Gasteiger charge is -2.30. The number of hydrogen-bond acceptors (Lipinski definition) is 6. The summed E-state index contributed by atoms with van der Waals surface area (Å²) in [5.41, 5.74) is 0.910. The first kappa shape index (κ1) is 20.5. The average Bonchev–Trinajstić information content (AvgIpc) is 3.16. The monoisotopic (exact) mass is 405 g/mol. The normalized spacial score (nSPS) is 15.9. The zero-order valence-electron chi connectivity index (χ0n) is 16.4. The van der Waals surface area contributed by atoms with Crippen LogP contribution in [0.1, 0.15) is 44.9 Å². The van der Waals surface area contributed by atoms with Gasteiger partial charge in [-0.25, -0.2) is 8.42 Å². The maximum absolute atomic E-state index is 12.4. The number of aromatic nitrogens is 2. The number of rotatable bonds is 7. The Bertz CT molecular complexity index is 885. The lowest BCUT2D eigenvalue weighted by atomic mass is 9.96. The van der Waals surface area contributed by atoms with Gasteiger partial charge in [0.1, 0.15) is 0 Å². The summed E-state index contributed by atoms with van der Waals surface area (Å²) < 4.78 is 29.4. The van der Waals surface area contributed by atoms with Crippen LogP contribution in [-0.2, 0) is 14.6 Å². The van der Waals surface area contributed by atoms with Gasteiger partial charge in [-0.05, 0) is 18.8 Å². The summed E-state index contributed by atoms with van der Waals surface area (Å²) in [7, 11) is -3.17. The van der Waals surface area contributed by atoms with E-state index >= 15 is 0 Å². The highest BCUT2D eigenvalue weighted by Crippen LogP contribution is 2.28. The molecule has 152 valence electrons. The summed E-state index contributed by atoms with van der Waals surface area (Å²) in [6.45, 7) is 4.89. The van der Waals surface area contributed by atoms with E-state index in [1.165, 1.54) is 0 Å². The van der Waals surface area contributed by atoms with Crippen LogP contribution < -0.4 is 0 Å². The third-order valence-corrected chi connectivity index (χ3v) is 6.89. The summed E-state index contributed by atoms with van der Waals surface area (Å²) in [5, 5.41) is 4.06. The number of hydrogen-bond donors (Lipinski definition) is 0. The Morgan fingerprint density at radius 2 is 1.89 bits per heavy atom. The van der Waals surface area contributed by atoms with Crippen molar-refractivity contribution in [1.82, 2.24) is 15.0 Å². The van der Waals surface area contributed by atoms with E-state index in [-0.39, 0.29) is 35.7 Å². The zero-order valence-corrected chi connectivity index (χ0v) is 17.2. The third kappa shape index (κ3) is 5.41. The predicted octanol–water partition coefficient (Wildman–Crippen LogP) is 2.90. The van der Waals surface area contributed by atoms with E-state index in [9.17, 15) is 13.2 Å². The van der Waals surface area contributed by atoms with Crippen LogP contribution in [0, 0.1) is 5.92 Å². The average molecular weight is 406 g/mol. The molecule has 0 atom stereocenters. The van der Waals surface area contributed by atoms with Gasteiger partial charge < -0.3 is 9.42 Å². The van der Waals surface area contributed by atoms with Crippen LogP contribution >= 0.6 is 0 Å². The molecule has 3 rings (SSSR count). The quantitative estimate of drug-likeness (QED) is 0.703. The fraction of sp³-hybridized carbons (Fsp3) is 0.550. The predicted molar refractivity (Wildman–Crippen MR) is 106 cm³/mol. The number of carbonyl (C=O) groups excluding carboxylic acids is 1. The van der Waals surface area contributed by atoms with Crippen LogP contribution in [0.4, 0.5) is 0 Å². The molecule has 0 radical (unpaired) electrons. The Labute approximate surface area is 166 Å². The van der Waals surface area contributed by atoms with E-state index in [1.54, 1.807) is 4.90 Å². The molecule has 0 bridgehead atoms. The van der Waals surface area contributed by atoms with Gasteiger partial charge in [-0.2, -0.15) is 4.98 Å². The van der Waals surface area contributed by atoms with E-state index in [1.807, 2.05) is 44.2 Å². The minimum absolute atomic E-state index is 0.0540. The van der Waals surface area contributed by atoms with Crippen LogP contribution in [0.25, 0.3) is 11.4 Å². The van der Waals surface area contributed by atoms with Crippen LogP contribution in [0.15, 0.2) is 34.9 Å². The van der Waals surface area contributed by atoms with Gasteiger partial charge in [0.25, 0.3) is 0 Å². The highest BCUT2D eigenvalue weighted by Gasteiger charge is 2.28. The minimum atomic E-state index is -3.17. The van der Waals surface area contributed by atoms with E-state index in [0.717, 1.165) is 18.4 Å². The van der Waals surface area contributed by atoms with Crippen molar-refractivity contribution in [3.8, 4) is 11.4 Å².